The molecule has 1 aliphatic rings. The van der Waals surface area contributed by atoms with Crippen molar-refractivity contribution < 1.29 is 4.74 Å². The minimum atomic E-state index is -0.0800. The van der Waals surface area contributed by atoms with Gasteiger partial charge in [-0.05, 0) is 32.1 Å². The maximum atomic E-state index is 6.16. The number of rotatable bonds is 4. The van der Waals surface area contributed by atoms with E-state index in [2.05, 4.69) is 49.9 Å². The third-order valence-electron chi connectivity index (χ3n) is 3.91. The highest BCUT2D eigenvalue weighted by molar-refractivity contribution is 5.39. The molecule has 2 atom stereocenters. The predicted molar refractivity (Wildman–Crippen MR) is 86.9 cm³/mol. The average Bonchev–Trinajstić information content (AvgIpc) is 2.37. The van der Waals surface area contributed by atoms with Crippen molar-refractivity contribution in [2.75, 3.05) is 11.9 Å². The predicted octanol–water partition coefficient (Wildman–Crippen LogP) is 4.16. The van der Waals surface area contributed by atoms with Crippen molar-refractivity contribution in [1.82, 2.24) is 9.97 Å². The topological polar surface area (TPSA) is 47.0 Å². The van der Waals surface area contributed by atoms with Gasteiger partial charge in [-0.3, -0.25) is 0 Å². The van der Waals surface area contributed by atoms with Crippen LogP contribution in [0.25, 0.3) is 0 Å². The molecule has 0 aliphatic heterocycles. The zero-order valence-electron chi connectivity index (χ0n) is 14.1. The van der Waals surface area contributed by atoms with E-state index in [0.717, 1.165) is 36.9 Å². The van der Waals surface area contributed by atoms with Crippen LogP contribution in [0, 0.1) is 5.92 Å². The van der Waals surface area contributed by atoms with Crippen LogP contribution in [-0.2, 0) is 5.41 Å². The van der Waals surface area contributed by atoms with Crippen molar-refractivity contribution in [1.29, 1.82) is 0 Å². The van der Waals surface area contributed by atoms with Crippen LogP contribution in [-0.4, -0.2) is 22.6 Å². The van der Waals surface area contributed by atoms with Crippen molar-refractivity contribution in [3.8, 4) is 5.88 Å². The molecule has 0 spiro atoms. The fraction of sp³-hybridized carbons (Fsp3) is 0.765. The lowest BCUT2D eigenvalue weighted by atomic mass is 9.89. The third kappa shape index (κ3) is 4.58. The molecule has 0 radical (unpaired) electrons. The van der Waals surface area contributed by atoms with E-state index in [-0.39, 0.29) is 5.41 Å². The van der Waals surface area contributed by atoms with Gasteiger partial charge in [0, 0.05) is 18.0 Å². The van der Waals surface area contributed by atoms with Crippen LogP contribution < -0.4 is 10.1 Å². The van der Waals surface area contributed by atoms with E-state index in [1.165, 1.54) is 12.8 Å². The number of anilines is 1. The van der Waals surface area contributed by atoms with E-state index in [1.54, 1.807) is 0 Å². The van der Waals surface area contributed by atoms with E-state index >= 15 is 0 Å². The van der Waals surface area contributed by atoms with E-state index in [0.29, 0.717) is 12.0 Å². The van der Waals surface area contributed by atoms with E-state index < -0.39 is 0 Å². The molecular weight excluding hydrogens is 262 g/mol. The summed E-state index contributed by atoms with van der Waals surface area (Å²) in [5.41, 5.74) is -0.0800. The molecule has 2 unspecified atom stereocenters. The molecule has 1 N–H and O–H groups in total. The van der Waals surface area contributed by atoms with Gasteiger partial charge in [-0.15, -0.1) is 0 Å². The van der Waals surface area contributed by atoms with Crippen molar-refractivity contribution >= 4 is 5.82 Å². The molecule has 1 aliphatic carbocycles. The van der Waals surface area contributed by atoms with Crippen LogP contribution in [0.1, 0.15) is 66.1 Å². The van der Waals surface area contributed by atoms with Gasteiger partial charge in [0.1, 0.15) is 17.7 Å². The summed E-state index contributed by atoms with van der Waals surface area (Å²) in [5, 5.41) is 3.28. The second-order valence-corrected chi connectivity index (χ2v) is 7.21. The number of hydrogen-bond acceptors (Lipinski definition) is 4. The molecule has 1 aromatic rings. The van der Waals surface area contributed by atoms with Gasteiger partial charge in [0.05, 0.1) is 0 Å². The second kappa shape index (κ2) is 6.63. The molecule has 0 amide bonds. The van der Waals surface area contributed by atoms with Gasteiger partial charge in [0.2, 0.25) is 5.88 Å². The Labute approximate surface area is 128 Å². The number of ether oxygens (including phenoxy) is 1. The van der Waals surface area contributed by atoms with Gasteiger partial charge in [0.25, 0.3) is 0 Å². The molecule has 1 aromatic heterocycles. The van der Waals surface area contributed by atoms with Crippen molar-refractivity contribution in [3.05, 3.63) is 11.9 Å². The lowest BCUT2D eigenvalue weighted by Gasteiger charge is -2.27. The summed E-state index contributed by atoms with van der Waals surface area (Å²) in [7, 11) is 0. The Morgan fingerprint density at radius 1 is 1.29 bits per heavy atom. The summed E-state index contributed by atoms with van der Waals surface area (Å²) >= 11 is 0. The smallest absolute Gasteiger partial charge is 0.219 e. The van der Waals surface area contributed by atoms with Crippen molar-refractivity contribution in [2.45, 2.75) is 71.8 Å². The molecule has 118 valence electrons. The molecule has 2 rings (SSSR count). The molecule has 21 heavy (non-hydrogen) atoms. The SMILES string of the molecule is CCNc1cc(OC2CCCC(C)C2)nc(C(C)(C)C)n1. The summed E-state index contributed by atoms with van der Waals surface area (Å²) in [6.45, 7) is 11.6. The lowest BCUT2D eigenvalue weighted by molar-refractivity contribution is 0.123. The fourth-order valence-corrected chi connectivity index (χ4v) is 2.75. The highest BCUT2D eigenvalue weighted by atomic mass is 16.5. The van der Waals surface area contributed by atoms with Crippen LogP contribution in [0.5, 0.6) is 5.88 Å². The highest BCUT2D eigenvalue weighted by Crippen LogP contribution is 2.29. The van der Waals surface area contributed by atoms with Gasteiger partial charge in [-0.25, -0.2) is 4.98 Å². The summed E-state index contributed by atoms with van der Waals surface area (Å²) in [4.78, 5) is 9.23. The first kappa shape index (κ1) is 16.1. The Bertz CT molecular complexity index is 468. The zero-order chi connectivity index (χ0) is 15.5. The Morgan fingerprint density at radius 3 is 2.67 bits per heavy atom. The molecule has 1 heterocycles. The van der Waals surface area contributed by atoms with Crippen LogP contribution in [0.3, 0.4) is 0 Å². The molecule has 1 saturated carbocycles. The number of hydrogen-bond donors (Lipinski definition) is 1. The zero-order valence-corrected chi connectivity index (χ0v) is 14.1. The molecule has 4 nitrogen and oxygen atoms in total. The lowest BCUT2D eigenvalue weighted by Crippen LogP contribution is -2.25. The average molecular weight is 291 g/mol. The minimum absolute atomic E-state index is 0.0800. The van der Waals surface area contributed by atoms with Crippen LogP contribution in [0.4, 0.5) is 5.82 Å². The Hall–Kier alpha value is -1.32. The summed E-state index contributed by atoms with van der Waals surface area (Å²) in [6.07, 6.45) is 5.13. The standard InChI is InChI=1S/C17H29N3O/c1-6-18-14-11-15(20-16(19-14)17(3,4)5)21-13-9-7-8-12(2)10-13/h11-13H,6-10H2,1-5H3,(H,18,19,20). The third-order valence-corrected chi connectivity index (χ3v) is 3.91. The summed E-state index contributed by atoms with van der Waals surface area (Å²) in [6, 6.07) is 1.93. The van der Waals surface area contributed by atoms with Gasteiger partial charge < -0.3 is 10.1 Å². The number of aromatic nitrogens is 2. The van der Waals surface area contributed by atoms with Gasteiger partial charge in [-0.1, -0.05) is 34.1 Å². The Balaban J connectivity index is 2.19. The molecule has 0 aromatic carbocycles. The molecular formula is C17H29N3O. The second-order valence-electron chi connectivity index (χ2n) is 7.21. The molecule has 4 heteroatoms. The number of nitrogens with zero attached hydrogens (tertiary/aromatic N) is 2. The summed E-state index contributed by atoms with van der Waals surface area (Å²) < 4.78 is 6.16. The van der Waals surface area contributed by atoms with E-state index in [1.807, 2.05) is 6.07 Å². The first-order valence-electron chi connectivity index (χ1n) is 8.18. The Morgan fingerprint density at radius 2 is 2.05 bits per heavy atom. The molecule has 1 fully saturated rings. The monoisotopic (exact) mass is 291 g/mol. The van der Waals surface area contributed by atoms with Crippen LogP contribution >= 0.6 is 0 Å². The van der Waals surface area contributed by atoms with Crippen molar-refractivity contribution in [3.63, 3.8) is 0 Å². The maximum Gasteiger partial charge on any atom is 0.219 e. The van der Waals surface area contributed by atoms with Gasteiger partial charge in [0.15, 0.2) is 0 Å². The molecule has 0 bridgehead atoms. The molecule has 0 saturated heterocycles. The largest absolute Gasteiger partial charge is 0.474 e. The van der Waals surface area contributed by atoms with Crippen LogP contribution in [0.15, 0.2) is 6.07 Å². The quantitative estimate of drug-likeness (QED) is 0.904. The van der Waals surface area contributed by atoms with E-state index in [4.69, 9.17) is 4.74 Å². The van der Waals surface area contributed by atoms with Crippen molar-refractivity contribution in [2.24, 2.45) is 5.92 Å². The maximum absolute atomic E-state index is 6.16. The first-order chi connectivity index (χ1) is 9.88. The summed E-state index contributed by atoms with van der Waals surface area (Å²) in [5.74, 6) is 3.15. The van der Waals surface area contributed by atoms with E-state index in [9.17, 15) is 0 Å². The minimum Gasteiger partial charge on any atom is -0.474 e. The normalized spacial score (nSPS) is 22.9. The Kier molecular flexibility index (Phi) is 5.07. The fourth-order valence-electron chi connectivity index (χ4n) is 2.75. The highest BCUT2D eigenvalue weighted by Gasteiger charge is 2.23. The van der Waals surface area contributed by atoms with Gasteiger partial charge in [-0.2, -0.15) is 4.98 Å². The first-order valence-corrected chi connectivity index (χ1v) is 8.18. The number of nitrogens with one attached hydrogen (secondary N) is 1. The van der Waals surface area contributed by atoms with Crippen LogP contribution in [0.2, 0.25) is 0 Å². The van der Waals surface area contributed by atoms with Gasteiger partial charge >= 0.3 is 0 Å².